The standard InChI is InChI=1S/C75H102O15/c1-9-14-18-22-26-30-83-72-60-37-56(49-87-68(79)13-5)38-61(72)46-63-40-58(51-89-70(81)35-54(7)77)42-65(74(63)85-32-28-24-20-16-11-3)48-67-44-59(52-90-71(82)36-55(8)78)43-66(75(67)86-33-29-25-21-17-12-4)47-64-41-57(50-88-69(80)34-53(6)76)39-62(45-60)73(64)84-31-27-23-19-15-10-2/h13,37-44H,5,9-12,14-36,45-52H2,1-4,6-8H3. The maximum atomic E-state index is 13.2. The fraction of sp³-hybridized carbons (Fsp3) is 0.560. The minimum Gasteiger partial charge on any atom is -0.493 e. The van der Waals surface area contributed by atoms with Gasteiger partial charge in [0.25, 0.3) is 0 Å². The summed E-state index contributed by atoms with van der Waals surface area (Å²) in [4.78, 5) is 89.0. The van der Waals surface area contributed by atoms with Crippen LogP contribution in [0.1, 0.15) is 263 Å². The van der Waals surface area contributed by atoms with Crippen LogP contribution in [0.4, 0.5) is 0 Å². The van der Waals surface area contributed by atoms with E-state index >= 15 is 0 Å². The van der Waals surface area contributed by atoms with Gasteiger partial charge in [-0.05, 0) is 162 Å². The predicted molar refractivity (Wildman–Crippen MR) is 349 cm³/mol. The first kappa shape index (κ1) is 73.4. The van der Waals surface area contributed by atoms with Crippen LogP contribution in [0.2, 0.25) is 0 Å². The summed E-state index contributed by atoms with van der Waals surface area (Å²) in [6.45, 7) is 17.5. The molecule has 5 rings (SSSR count). The van der Waals surface area contributed by atoms with Crippen molar-refractivity contribution in [2.24, 2.45) is 0 Å². The van der Waals surface area contributed by atoms with Crippen molar-refractivity contribution >= 4 is 41.2 Å². The number of Topliss-reactive ketones (excluding diaryl/α,β-unsaturated/α-hetero) is 3. The summed E-state index contributed by atoms with van der Waals surface area (Å²) in [5.74, 6) is -1.00. The van der Waals surface area contributed by atoms with Gasteiger partial charge in [0, 0.05) is 31.8 Å². The number of rotatable bonds is 43. The summed E-state index contributed by atoms with van der Waals surface area (Å²) in [7, 11) is 0. The van der Waals surface area contributed by atoms with E-state index in [0.29, 0.717) is 71.7 Å². The largest absolute Gasteiger partial charge is 0.493 e. The molecule has 0 saturated heterocycles. The Kier molecular flexibility index (Phi) is 33.6. The lowest BCUT2D eigenvalue weighted by atomic mass is 9.88. The predicted octanol–water partition coefficient (Wildman–Crippen LogP) is 16.1. The Labute approximate surface area is 536 Å². The molecule has 0 amide bonds. The number of fused-ring (bicyclic) bond motifs is 8. The molecule has 0 saturated carbocycles. The fourth-order valence-corrected chi connectivity index (χ4v) is 11.2. The molecule has 1 aliphatic rings. The molecule has 90 heavy (non-hydrogen) atoms. The summed E-state index contributed by atoms with van der Waals surface area (Å²) in [5.41, 5.74) is 8.74. The topological polar surface area (TPSA) is 193 Å². The Morgan fingerprint density at radius 1 is 0.333 bits per heavy atom. The van der Waals surface area contributed by atoms with E-state index in [1.165, 1.54) is 20.8 Å². The van der Waals surface area contributed by atoms with Crippen molar-refractivity contribution in [2.75, 3.05) is 26.4 Å². The van der Waals surface area contributed by atoms with Crippen molar-refractivity contribution in [2.45, 2.75) is 248 Å². The van der Waals surface area contributed by atoms with Crippen molar-refractivity contribution in [1.29, 1.82) is 0 Å². The summed E-state index contributed by atoms with van der Waals surface area (Å²) in [6, 6.07) is 15.9. The van der Waals surface area contributed by atoms with E-state index < -0.39 is 23.9 Å². The Hall–Kier alpha value is -7.29. The highest BCUT2D eigenvalue weighted by Gasteiger charge is 2.26. The van der Waals surface area contributed by atoms with E-state index in [0.717, 1.165) is 179 Å². The maximum absolute atomic E-state index is 13.2. The lowest BCUT2D eigenvalue weighted by Gasteiger charge is -2.25. The van der Waals surface area contributed by atoms with Gasteiger partial charge in [0.05, 0.1) is 26.4 Å². The number of ketones is 3. The normalized spacial score (nSPS) is 11.7. The van der Waals surface area contributed by atoms with Gasteiger partial charge in [0.1, 0.15) is 86.0 Å². The zero-order valence-electron chi connectivity index (χ0n) is 55.3. The van der Waals surface area contributed by atoms with Crippen LogP contribution < -0.4 is 18.9 Å². The van der Waals surface area contributed by atoms with Gasteiger partial charge >= 0.3 is 23.9 Å². The number of hydrogen-bond donors (Lipinski definition) is 0. The van der Waals surface area contributed by atoms with E-state index in [4.69, 9.17) is 37.9 Å². The third-order valence-corrected chi connectivity index (χ3v) is 15.6. The smallest absolute Gasteiger partial charge is 0.330 e. The Morgan fingerprint density at radius 3 is 0.744 bits per heavy atom. The number of carbonyl (C=O) groups is 7. The number of hydrogen-bond acceptors (Lipinski definition) is 15. The molecule has 15 heteroatoms. The highest BCUT2D eigenvalue weighted by Crippen LogP contribution is 2.42. The lowest BCUT2D eigenvalue weighted by molar-refractivity contribution is -0.148. The third kappa shape index (κ3) is 26.7. The van der Waals surface area contributed by atoms with Crippen LogP contribution in [-0.2, 0) is 105 Å². The van der Waals surface area contributed by atoms with E-state index in [9.17, 15) is 33.6 Å². The van der Waals surface area contributed by atoms with E-state index in [1.807, 2.05) is 48.5 Å². The molecule has 4 aromatic rings. The Morgan fingerprint density at radius 2 is 0.544 bits per heavy atom. The maximum Gasteiger partial charge on any atom is 0.330 e. The van der Waals surface area contributed by atoms with E-state index in [2.05, 4.69) is 34.3 Å². The van der Waals surface area contributed by atoms with Gasteiger partial charge in [0.15, 0.2) is 0 Å². The molecule has 0 N–H and O–H groups in total. The van der Waals surface area contributed by atoms with Crippen LogP contribution in [0.25, 0.3) is 0 Å². The van der Waals surface area contributed by atoms with Gasteiger partial charge in [-0.3, -0.25) is 28.8 Å². The molecule has 0 aliphatic heterocycles. The number of carbonyl (C=O) groups excluding carboxylic acids is 7. The summed E-state index contributed by atoms with van der Waals surface area (Å²) < 4.78 is 51.7. The number of unbranched alkanes of at least 4 members (excludes halogenated alkanes) is 16. The Bertz CT molecular complexity index is 2840. The lowest BCUT2D eigenvalue weighted by Crippen LogP contribution is -2.14. The van der Waals surface area contributed by atoms with Crippen molar-refractivity contribution in [3.63, 3.8) is 0 Å². The average Bonchev–Trinajstić information content (AvgIpc) is 1.72. The quantitative estimate of drug-likeness (QED) is 0.0118. The molecule has 15 nitrogen and oxygen atoms in total. The molecule has 0 fully saturated rings. The van der Waals surface area contributed by atoms with Crippen LogP contribution in [0.15, 0.2) is 61.2 Å². The van der Waals surface area contributed by atoms with Gasteiger partial charge in [-0.2, -0.15) is 0 Å². The molecule has 0 spiro atoms. The first-order valence-corrected chi connectivity index (χ1v) is 33.4. The molecular weight excluding hydrogens is 1140 g/mol. The molecule has 0 atom stereocenters. The van der Waals surface area contributed by atoms with Gasteiger partial charge in [-0.25, -0.2) is 4.79 Å². The summed E-state index contributed by atoms with van der Waals surface area (Å²) in [6.07, 6.45) is 20.9. The first-order valence-electron chi connectivity index (χ1n) is 33.4. The first-order chi connectivity index (χ1) is 43.5. The number of esters is 4. The monoisotopic (exact) mass is 1240 g/mol. The molecule has 0 aromatic heterocycles. The summed E-state index contributed by atoms with van der Waals surface area (Å²) >= 11 is 0. The van der Waals surface area contributed by atoms with Crippen LogP contribution >= 0.6 is 0 Å². The second-order valence-electron chi connectivity index (χ2n) is 24.2. The zero-order chi connectivity index (χ0) is 65.0. The zero-order valence-corrected chi connectivity index (χ0v) is 55.3. The van der Waals surface area contributed by atoms with Gasteiger partial charge in [-0.15, -0.1) is 0 Å². The highest BCUT2D eigenvalue weighted by atomic mass is 16.5. The van der Waals surface area contributed by atoms with Crippen LogP contribution in [0.5, 0.6) is 23.0 Å². The van der Waals surface area contributed by atoms with Crippen LogP contribution in [0.3, 0.4) is 0 Å². The molecule has 492 valence electrons. The summed E-state index contributed by atoms with van der Waals surface area (Å²) in [5, 5.41) is 0. The average molecular weight is 1240 g/mol. The van der Waals surface area contributed by atoms with Gasteiger partial charge in [-0.1, -0.05) is 137 Å². The SMILES string of the molecule is C=CC(=O)OCc1cc2c(OCCCCCCC)c(c1)Cc1cc(COC(=O)CC(C)=O)cc(c1OCCCCCCC)Cc1cc(COC(=O)CC(C)=O)cc(c1OCCCCCCC)Cc1cc(COC(=O)CC(C)=O)cc(c1OCCCCCCC)C2. The number of ether oxygens (including phenoxy) is 8. The molecule has 0 heterocycles. The van der Waals surface area contributed by atoms with Crippen LogP contribution in [-0.4, -0.2) is 67.7 Å². The second kappa shape index (κ2) is 41.2. The van der Waals surface area contributed by atoms with Gasteiger partial charge < -0.3 is 37.9 Å². The minimum atomic E-state index is -0.657. The highest BCUT2D eigenvalue weighted by molar-refractivity contribution is 5.95. The van der Waals surface area contributed by atoms with E-state index in [-0.39, 0.29) is 88.7 Å². The molecule has 0 unspecified atom stereocenters. The van der Waals surface area contributed by atoms with Crippen molar-refractivity contribution in [3.05, 3.63) is 128 Å². The van der Waals surface area contributed by atoms with Gasteiger partial charge in [0.2, 0.25) is 0 Å². The second-order valence-corrected chi connectivity index (χ2v) is 24.2. The van der Waals surface area contributed by atoms with Crippen LogP contribution in [0, 0.1) is 0 Å². The fourth-order valence-electron chi connectivity index (χ4n) is 11.2. The molecule has 0 radical (unpaired) electrons. The Balaban J connectivity index is 1.96. The minimum absolute atomic E-state index is 0.0818. The van der Waals surface area contributed by atoms with Crippen molar-refractivity contribution in [1.82, 2.24) is 0 Å². The molecular formula is C75H102O15. The molecule has 4 aromatic carbocycles. The molecule has 1 aliphatic carbocycles. The van der Waals surface area contributed by atoms with Crippen molar-refractivity contribution in [3.8, 4) is 23.0 Å². The van der Waals surface area contributed by atoms with E-state index in [1.54, 1.807) is 0 Å². The third-order valence-electron chi connectivity index (χ3n) is 15.6. The van der Waals surface area contributed by atoms with Crippen molar-refractivity contribution < 1.29 is 71.5 Å². The molecule has 8 bridgehead atoms. The number of benzene rings is 4.